The van der Waals surface area contributed by atoms with Crippen molar-refractivity contribution in [3.05, 3.63) is 58.1 Å². The molecule has 24 heavy (non-hydrogen) atoms. The van der Waals surface area contributed by atoms with Crippen LogP contribution < -0.4 is 15.4 Å². The van der Waals surface area contributed by atoms with Gasteiger partial charge in [0.15, 0.2) is 0 Å². The Morgan fingerprint density at radius 2 is 1.71 bits per heavy atom. The molecule has 7 heteroatoms. The predicted octanol–water partition coefficient (Wildman–Crippen LogP) is 3.30. The monoisotopic (exact) mass is 366 g/mol. The average molecular weight is 367 g/mol. The molecule has 0 fully saturated rings. The molecule has 0 unspecified atom stereocenters. The highest BCUT2D eigenvalue weighted by Gasteiger charge is 2.16. The van der Waals surface area contributed by atoms with Gasteiger partial charge in [-0.3, -0.25) is 9.59 Å². The molecule has 0 aromatic heterocycles. The molecule has 0 bridgehead atoms. The molecule has 0 atom stereocenters. The standard InChI is InChI=1S/C17H16Cl2N2O3/c1-24-12-5-2-4-11(10-12)8-9-20-16(22)17(23)21-15-13(18)6-3-7-14(15)19/h2-7,10H,8-9H2,1H3,(H,20,22)(H,21,23). The van der Waals surface area contributed by atoms with Crippen molar-refractivity contribution in [2.45, 2.75) is 6.42 Å². The second-order valence-corrected chi connectivity index (χ2v) is 5.72. The third-order valence-electron chi connectivity index (χ3n) is 3.24. The van der Waals surface area contributed by atoms with Crippen LogP contribution in [0, 0.1) is 0 Å². The minimum Gasteiger partial charge on any atom is -0.497 e. The van der Waals surface area contributed by atoms with E-state index in [0.29, 0.717) is 13.0 Å². The van der Waals surface area contributed by atoms with E-state index in [1.54, 1.807) is 25.3 Å². The number of carbonyl (C=O) groups excluding carboxylic acids is 2. The van der Waals surface area contributed by atoms with E-state index in [1.807, 2.05) is 24.3 Å². The SMILES string of the molecule is COc1cccc(CCNC(=O)C(=O)Nc2c(Cl)cccc2Cl)c1. The van der Waals surface area contributed by atoms with Gasteiger partial charge >= 0.3 is 11.8 Å². The zero-order valence-corrected chi connectivity index (χ0v) is 14.4. The largest absolute Gasteiger partial charge is 0.497 e. The number of halogens is 2. The molecule has 0 heterocycles. The van der Waals surface area contributed by atoms with Crippen LogP contribution in [0.2, 0.25) is 10.0 Å². The molecule has 2 aromatic rings. The molecule has 2 N–H and O–H groups in total. The van der Waals surface area contributed by atoms with E-state index in [9.17, 15) is 9.59 Å². The number of methoxy groups -OCH3 is 1. The first-order valence-electron chi connectivity index (χ1n) is 7.17. The first-order chi connectivity index (χ1) is 11.5. The minimum absolute atomic E-state index is 0.216. The summed E-state index contributed by atoms with van der Waals surface area (Å²) in [7, 11) is 1.59. The number of carbonyl (C=O) groups is 2. The van der Waals surface area contributed by atoms with Crippen molar-refractivity contribution in [1.29, 1.82) is 0 Å². The quantitative estimate of drug-likeness (QED) is 0.797. The molecule has 0 aliphatic carbocycles. The van der Waals surface area contributed by atoms with Crippen LogP contribution in [0.5, 0.6) is 5.75 Å². The van der Waals surface area contributed by atoms with Crippen molar-refractivity contribution >= 4 is 40.7 Å². The van der Waals surface area contributed by atoms with Crippen molar-refractivity contribution < 1.29 is 14.3 Å². The first-order valence-corrected chi connectivity index (χ1v) is 7.93. The molecule has 2 rings (SSSR count). The van der Waals surface area contributed by atoms with Gasteiger partial charge in [0.1, 0.15) is 5.75 Å². The molecular formula is C17H16Cl2N2O3. The van der Waals surface area contributed by atoms with Gasteiger partial charge in [0.25, 0.3) is 0 Å². The van der Waals surface area contributed by atoms with Gasteiger partial charge in [0.05, 0.1) is 22.8 Å². The third-order valence-corrected chi connectivity index (χ3v) is 3.87. The van der Waals surface area contributed by atoms with Crippen molar-refractivity contribution in [3.8, 4) is 5.75 Å². The van der Waals surface area contributed by atoms with Gasteiger partial charge in [-0.15, -0.1) is 0 Å². The average Bonchev–Trinajstić information content (AvgIpc) is 2.58. The van der Waals surface area contributed by atoms with Crippen molar-refractivity contribution in [3.63, 3.8) is 0 Å². The van der Waals surface area contributed by atoms with E-state index >= 15 is 0 Å². The number of ether oxygens (including phenoxy) is 1. The number of benzene rings is 2. The highest BCUT2D eigenvalue weighted by Crippen LogP contribution is 2.29. The highest BCUT2D eigenvalue weighted by atomic mass is 35.5. The van der Waals surface area contributed by atoms with Gasteiger partial charge in [-0.05, 0) is 36.2 Å². The number of amides is 2. The summed E-state index contributed by atoms with van der Waals surface area (Å²) in [5.74, 6) is -0.838. The lowest BCUT2D eigenvalue weighted by Crippen LogP contribution is -2.36. The van der Waals surface area contributed by atoms with Crippen LogP contribution in [0.25, 0.3) is 0 Å². The summed E-state index contributed by atoms with van der Waals surface area (Å²) in [6.45, 7) is 0.315. The maximum Gasteiger partial charge on any atom is 0.313 e. The molecule has 0 radical (unpaired) electrons. The summed E-state index contributed by atoms with van der Waals surface area (Å²) in [4.78, 5) is 23.7. The second-order valence-electron chi connectivity index (χ2n) is 4.91. The van der Waals surface area contributed by atoms with Crippen LogP contribution in [-0.2, 0) is 16.0 Å². The van der Waals surface area contributed by atoms with E-state index in [-0.39, 0.29) is 15.7 Å². The fraction of sp³-hybridized carbons (Fsp3) is 0.176. The smallest absolute Gasteiger partial charge is 0.313 e. The van der Waals surface area contributed by atoms with Crippen LogP contribution in [0.3, 0.4) is 0 Å². The Labute approximate surface area is 149 Å². The minimum atomic E-state index is -0.823. The first kappa shape index (κ1) is 18.1. The van der Waals surface area contributed by atoms with Gasteiger partial charge in [0, 0.05) is 6.54 Å². The molecule has 126 valence electrons. The second kappa shape index (κ2) is 8.57. The van der Waals surface area contributed by atoms with Crippen LogP contribution in [0.15, 0.2) is 42.5 Å². The number of anilines is 1. The zero-order valence-electron chi connectivity index (χ0n) is 12.9. The van der Waals surface area contributed by atoms with E-state index in [0.717, 1.165) is 11.3 Å². The maximum atomic E-state index is 11.9. The summed E-state index contributed by atoms with van der Waals surface area (Å²) in [5.41, 5.74) is 1.21. The van der Waals surface area contributed by atoms with Crippen molar-refractivity contribution in [1.82, 2.24) is 5.32 Å². The van der Waals surface area contributed by atoms with E-state index in [4.69, 9.17) is 27.9 Å². The van der Waals surface area contributed by atoms with E-state index < -0.39 is 11.8 Å². The molecule has 5 nitrogen and oxygen atoms in total. The van der Waals surface area contributed by atoms with Crippen molar-refractivity contribution in [2.24, 2.45) is 0 Å². The lowest BCUT2D eigenvalue weighted by molar-refractivity contribution is -0.136. The lowest BCUT2D eigenvalue weighted by Gasteiger charge is -2.09. The van der Waals surface area contributed by atoms with E-state index in [2.05, 4.69) is 10.6 Å². The van der Waals surface area contributed by atoms with Gasteiger partial charge in [-0.1, -0.05) is 41.4 Å². The molecule has 0 spiro atoms. The van der Waals surface area contributed by atoms with Crippen LogP contribution >= 0.6 is 23.2 Å². The molecule has 0 aliphatic rings. The van der Waals surface area contributed by atoms with Gasteiger partial charge in [-0.25, -0.2) is 0 Å². The number of hydrogen-bond donors (Lipinski definition) is 2. The summed E-state index contributed by atoms with van der Waals surface area (Å²) in [6, 6.07) is 12.3. The third kappa shape index (κ3) is 4.88. The van der Waals surface area contributed by atoms with Crippen LogP contribution in [0.4, 0.5) is 5.69 Å². The molecule has 2 aromatic carbocycles. The summed E-state index contributed by atoms with van der Waals surface area (Å²) in [5, 5.41) is 5.49. The summed E-state index contributed by atoms with van der Waals surface area (Å²) < 4.78 is 5.13. The Kier molecular flexibility index (Phi) is 6.46. The number of para-hydroxylation sites is 1. The van der Waals surface area contributed by atoms with Gasteiger partial charge < -0.3 is 15.4 Å². The van der Waals surface area contributed by atoms with Crippen LogP contribution in [0.1, 0.15) is 5.56 Å². The number of hydrogen-bond acceptors (Lipinski definition) is 3. The lowest BCUT2D eigenvalue weighted by atomic mass is 10.1. The van der Waals surface area contributed by atoms with Crippen LogP contribution in [-0.4, -0.2) is 25.5 Å². The number of nitrogens with one attached hydrogen (secondary N) is 2. The topological polar surface area (TPSA) is 67.4 Å². The van der Waals surface area contributed by atoms with Gasteiger partial charge in [-0.2, -0.15) is 0 Å². The van der Waals surface area contributed by atoms with E-state index in [1.165, 1.54) is 0 Å². The molecule has 0 aliphatic heterocycles. The van der Waals surface area contributed by atoms with Gasteiger partial charge in [0.2, 0.25) is 0 Å². The molecular weight excluding hydrogens is 351 g/mol. The molecule has 0 saturated carbocycles. The predicted molar refractivity (Wildman–Crippen MR) is 94.8 cm³/mol. The number of rotatable bonds is 5. The molecule has 2 amide bonds. The highest BCUT2D eigenvalue weighted by molar-refractivity contribution is 6.44. The maximum absolute atomic E-state index is 11.9. The Bertz CT molecular complexity index is 730. The fourth-order valence-corrected chi connectivity index (χ4v) is 2.51. The Morgan fingerprint density at radius 1 is 1.04 bits per heavy atom. The normalized spacial score (nSPS) is 10.1. The Hall–Kier alpha value is -2.24. The Morgan fingerprint density at radius 3 is 2.38 bits per heavy atom. The molecule has 0 saturated heterocycles. The zero-order chi connectivity index (χ0) is 17.5. The summed E-state index contributed by atoms with van der Waals surface area (Å²) in [6.07, 6.45) is 0.572. The van der Waals surface area contributed by atoms with Crippen molar-refractivity contribution in [2.75, 3.05) is 19.0 Å². The summed E-state index contributed by atoms with van der Waals surface area (Å²) >= 11 is 11.9. The fourth-order valence-electron chi connectivity index (χ4n) is 2.02. The Balaban J connectivity index is 1.87.